The van der Waals surface area contributed by atoms with Crippen molar-refractivity contribution in [3.63, 3.8) is 0 Å². The Kier molecular flexibility index (Phi) is 5.52. The van der Waals surface area contributed by atoms with Crippen LogP contribution in [0.2, 0.25) is 0 Å². The Bertz CT molecular complexity index is 554. The second-order valence-corrected chi connectivity index (χ2v) is 8.62. The van der Waals surface area contributed by atoms with Gasteiger partial charge in [0.2, 0.25) is 0 Å². The van der Waals surface area contributed by atoms with Crippen LogP contribution in [0.25, 0.3) is 0 Å². The highest BCUT2D eigenvalue weighted by Crippen LogP contribution is 2.67. The molecule has 0 amide bonds. The van der Waals surface area contributed by atoms with E-state index in [0.717, 1.165) is 0 Å². The average molecular weight is 344 g/mol. The predicted molar refractivity (Wildman–Crippen MR) is 71.5 cm³/mol. The Morgan fingerprint density at radius 2 is 1.86 bits per heavy atom. The lowest BCUT2D eigenvalue weighted by Crippen LogP contribution is -2.35. The zero-order valence-electron chi connectivity index (χ0n) is 11.4. The number of aromatic nitrogens is 2. The van der Waals surface area contributed by atoms with E-state index in [0.29, 0.717) is 5.82 Å². The Hall–Kier alpha value is -0.570. The predicted octanol–water partition coefficient (Wildman–Crippen LogP) is -0.229. The molecule has 0 aliphatic rings. The molecule has 0 aliphatic heterocycles. The van der Waals surface area contributed by atoms with Crippen molar-refractivity contribution in [1.82, 2.24) is 9.55 Å². The first kappa shape index (κ1) is 18.5. The van der Waals surface area contributed by atoms with Crippen LogP contribution in [0.5, 0.6) is 0 Å². The first-order valence-electron chi connectivity index (χ1n) is 5.81. The molecule has 0 unspecified atom stereocenters. The minimum Gasteiger partial charge on any atom is -0.375 e. The Balaban J connectivity index is 2.75. The fraction of sp³-hybridized carbons (Fsp3) is 0.667. The topological polar surface area (TPSA) is 162 Å². The molecule has 0 fully saturated rings. The van der Waals surface area contributed by atoms with Gasteiger partial charge in [0.05, 0.1) is 19.3 Å². The lowest BCUT2D eigenvalue weighted by molar-refractivity contribution is 0.0151. The summed E-state index contributed by atoms with van der Waals surface area (Å²) in [4.78, 5) is 39.7. The van der Waals surface area contributed by atoms with Crippen LogP contribution in [0.15, 0.2) is 12.4 Å². The summed E-state index contributed by atoms with van der Waals surface area (Å²) < 4.78 is 28.8. The number of rotatable bonds is 7. The third-order valence-corrected chi connectivity index (χ3v) is 6.61. The van der Waals surface area contributed by atoms with Crippen LogP contribution in [-0.2, 0) is 13.9 Å². The zero-order chi connectivity index (χ0) is 16.5. The van der Waals surface area contributed by atoms with E-state index in [4.69, 9.17) is 24.3 Å². The van der Waals surface area contributed by atoms with E-state index >= 15 is 0 Å². The maximum absolute atomic E-state index is 11.1. The van der Waals surface area contributed by atoms with Crippen LogP contribution in [-0.4, -0.2) is 52.5 Å². The standard InChI is InChI=1S/C9H18N2O8P2/c1-7(11-4-3-10-8(11)2)5-19-6-9(12,20(13,14)15)21(16,17)18/h3-4,7,12H,5-6H2,1-2H3,(H2,13,14,15)(H2,16,17,18)/t7-/m1/s1. The molecule has 1 aromatic heterocycles. The van der Waals surface area contributed by atoms with Gasteiger partial charge in [-0.15, -0.1) is 0 Å². The van der Waals surface area contributed by atoms with Crippen LogP contribution in [0.4, 0.5) is 0 Å². The number of hydrogen-bond donors (Lipinski definition) is 5. The quantitative estimate of drug-likeness (QED) is 0.420. The first-order valence-corrected chi connectivity index (χ1v) is 9.03. The van der Waals surface area contributed by atoms with Crippen molar-refractivity contribution < 1.29 is 38.5 Å². The fourth-order valence-corrected chi connectivity index (χ4v) is 3.51. The normalized spacial score (nSPS) is 15.2. The summed E-state index contributed by atoms with van der Waals surface area (Å²) in [6.45, 7) is 2.12. The van der Waals surface area contributed by atoms with Gasteiger partial charge in [0.25, 0.3) is 5.08 Å². The molecular formula is C9H18N2O8P2. The van der Waals surface area contributed by atoms with Gasteiger partial charge in [-0.25, -0.2) is 4.98 Å². The van der Waals surface area contributed by atoms with Gasteiger partial charge in [0.15, 0.2) is 0 Å². The zero-order valence-corrected chi connectivity index (χ0v) is 13.2. The number of hydrogen-bond acceptors (Lipinski definition) is 5. The molecule has 0 bridgehead atoms. The van der Waals surface area contributed by atoms with E-state index in [9.17, 15) is 14.2 Å². The van der Waals surface area contributed by atoms with Crippen molar-refractivity contribution in [2.45, 2.75) is 25.0 Å². The van der Waals surface area contributed by atoms with Gasteiger partial charge in [-0.2, -0.15) is 0 Å². The van der Waals surface area contributed by atoms with E-state index in [2.05, 4.69) is 4.98 Å². The summed E-state index contributed by atoms with van der Waals surface area (Å²) in [5.41, 5.74) is 0. The van der Waals surface area contributed by atoms with Crippen LogP contribution < -0.4 is 0 Å². The number of aliphatic hydroxyl groups is 1. The SMILES string of the molecule is Cc1nccn1[C@H](C)COCC(O)(P(=O)(O)O)P(=O)(O)O. The molecule has 10 nitrogen and oxygen atoms in total. The Labute approximate surface area is 120 Å². The molecule has 0 saturated carbocycles. The van der Waals surface area contributed by atoms with E-state index in [1.165, 1.54) is 0 Å². The molecule has 12 heteroatoms. The average Bonchev–Trinajstić information content (AvgIpc) is 2.72. The van der Waals surface area contributed by atoms with Crippen molar-refractivity contribution in [2.75, 3.05) is 13.2 Å². The molecule has 0 saturated heterocycles. The van der Waals surface area contributed by atoms with Gasteiger partial charge in [0.1, 0.15) is 5.82 Å². The Morgan fingerprint density at radius 3 is 2.24 bits per heavy atom. The molecule has 1 heterocycles. The number of nitrogens with zero attached hydrogens (tertiary/aromatic N) is 2. The molecular weight excluding hydrogens is 326 g/mol. The highest BCUT2D eigenvalue weighted by atomic mass is 31.2. The van der Waals surface area contributed by atoms with Gasteiger partial charge in [0, 0.05) is 12.4 Å². The van der Waals surface area contributed by atoms with Crippen molar-refractivity contribution in [3.05, 3.63) is 18.2 Å². The van der Waals surface area contributed by atoms with Gasteiger partial charge < -0.3 is 34.0 Å². The lowest BCUT2D eigenvalue weighted by Gasteiger charge is -2.29. The highest BCUT2D eigenvalue weighted by molar-refractivity contribution is 7.72. The summed E-state index contributed by atoms with van der Waals surface area (Å²) in [7, 11) is -11.0. The minimum atomic E-state index is -5.49. The lowest BCUT2D eigenvalue weighted by atomic mass is 10.3. The van der Waals surface area contributed by atoms with Gasteiger partial charge in [-0.05, 0) is 13.8 Å². The largest absolute Gasteiger partial charge is 0.375 e. The molecule has 0 spiro atoms. The van der Waals surface area contributed by atoms with Crippen molar-refractivity contribution in [3.8, 4) is 0 Å². The third-order valence-electron chi connectivity index (χ3n) is 2.92. The smallest absolute Gasteiger partial charge is 0.371 e. The highest BCUT2D eigenvalue weighted by Gasteiger charge is 2.59. The van der Waals surface area contributed by atoms with Crippen LogP contribution in [0, 0.1) is 6.92 Å². The van der Waals surface area contributed by atoms with Gasteiger partial charge in [-0.1, -0.05) is 0 Å². The Morgan fingerprint density at radius 1 is 1.33 bits per heavy atom. The van der Waals surface area contributed by atoms with Crippen molar-refractivity contribution in [1.29, 1.82) is 0 Å². The summed E-state index contributed by atoms with van der Waals surface area (Å²) in [6, 6.07) is -0.301. The number of imidazole rings is 1. The number of aryl methyl sites for hydroxylation is 1. The molecule has 1 rings (SSSR count). The summed E-state index contributed by atoms with van der Waals surface area (Å²) in [5, 5.41) is 6.06. The first-order chi connectivity index (χ1) is 9.40. The van der Waals surface area contributed by atoms with Gasteiger partial charge in [-0.3, -0.25) is 9.13 Å². The molecule has 1 atom stereocenters. The molecule has 0 aliphatic carbocycles. The van der Waals surface area contributed by atoms with Crippen molar-refractivity contribution >= 4 is 15.2 Å². The van der Waals surface area contributed by atoms with Crippen molar-refractivity contribution in [2.24, 2.45) is 0 Å². The monoisotopic (exact) mass is 344 g/mol. The molecule has 122 valence electrons. The van der Waals surface area contributed by atoms with E-state index in [1.54, 1.807) is 30.8 Å². The summed E-state index contributed by atoms with van der Waals surface area (Å²) in [6.07, 6.45) is 3.20. The third kappa shape index (κ3) is 4.00. The minimum absolute atomic E-state index is 0.125. The van der Waals surface area contributed by atoms with E-state index in [1.807, 2.05) is 0 Å². The van der Waals surface area contributed by atoms with Gasteiger partial charge >= 0.3 is 15.2 Å². The second-order valence-electron chi connectivity index (χ2n) is 4.61. The molecule has 0 radical (unpaired) electrons. The van der Waals surface area contributed by atoms with E-state index < -0.39 is 26.9 Å². The van der Waals surface area contributed by atoms with E-state index in [-0.39, 0.29) is 12.6 Å². The molecule has 21 heavy (non-hydrogen) atoms. The summed E-state index contributed by atoms with van der Waals surface area (Å²) >= 11 is 0. The van der Waals surface area contributed by atoms with Crippen LogP contribution >= 0.6 is 15.2 Å². The summed E-state index contributed by atoms with van der Waals surface area (Å²) in [5.74, 6) is 0.673. The fourth-order valence-electron chi connectivity index (χ4n) is 1.64. The second kappa shape index (κ2) is 6.28. The molecule has 0 aromatic carbocycles. The molecule has 5 N–H and O–H groups in total. The molecule has 1 aromatic rings. The maximum atomic E-state index is 11.1. The van der Waals surface area contributed by atoms with Crippen LogP contribution in [0.3, 0.4) is 0 Å². The number of ether oxygens (including phenoxy) is 1. The van der Waals surface area contributed by atoms with Crippen LogP contribution in [0.1, 0.15) is 18.8 Å². The maximum Gasteiger partial charge on any atom is 0.371 e.